The fraction of sp³-hybridized carbons (Fsp3) is 0.0909. The van der Waals surface area contributed by atoms with E-state index in [0.717, 1.165) is 33.5 Å². The minimum absolute atomic E-state index is 0.535. The Morgan fingerprint density at radius 1 is 1.14 bits per heavy atom. The quantitative estimate of drug-likeness (QED) is 0.315. The van der Waals surface area contributed by atoms with Gasteiger partial charge in [0.15, 0.2) is 0 Å². The van der Waals surface area contributed by atoms with Crippen LogP contribution in [-0.2, 0) is 0 Å². The van der Waals surface area contributed by atoms with Crippen LogP contribution < -0.4 is 5.84 Å². The average molecular weight is 401 g/mol. The summed E-state index contributed by atoms with van der Waals surface area (Å²) in [6.45, 7) is 4.06. The van der Waals surface area contributed by atoms with Crippen molar-refractivity contribution < 1.29 is 0 Å². The summed E-state index contributed by atoms with van der Waals surface area (Å²) in [6.07, 6.45) is 1.51. The highest BCUT2D eigenvalue weighted by Crippen LogP contribution is 2.30. The zero-order chi connectivity index (χ0) is 20.5. The van der Waals surface area contributed by atoms with Crippen LogP contribution in [0.2, 0.25) is 5.02 Å². The van der Waals surface area contributed by atoms with Crippen molar-refractivity contribution in [2.45, 2.75) is 13.8 Å². The summed E-state index contributed by atoms with van der Waals surface area (Å²) in [5.41, 5.74) is 6.25. The van der Waals surface area contributed by atoms with Crippen LogP contribution in [0.3, 0.4) is 0 Å². The van der Waals surface area contributed by atoms with E-state index >= 15 is 0 Å². The highest BCUT2D eigenvalue weighted by molar-refractivity contribution is 6.30. The smallest absolute Gasteiger partial charge is 0.149 e. The SMILES string of the molecule is Cc1c(C)n(-c2cccc(Cl)c2)c2ncnc(/C(=N/N)c3ccc(C#N)cc3)c12. The molecule has 2 N–H and O–H groups in total. The Morgan fingerprint density at radius 3 is 2.55 bits per heavy atom. The molecule has 142 valence electrons. The van der Waals surface area contributed by atoms with Crippen molar-refractivity contribution in [1.29, 1.82) is 5.26 Å². The summed E-state index contributed by atoms with van der Waals surface area (Å²) in [6, 6.07) is 16.8. The first-order chi connectivity index (χ1) is 14.0. The maximum absolute atomic E-state index is 9.04. The Hall–Kier alpha value is -3.69. The Bertz CT molecular complexity index is 1300. The molecule has 0 spiro atoms. The first-order valence-electron chi connectivity index (χ1n) is 8.92. The number of halogens is 1. The van der Waals surface area contributed by atoms with Crippen molar-refractivity contribution in [3.05, 3.63) is 88.0 Å². The summed E-state index contributed by atoms with van der Waals surface area (Å²) < 4.78 is 2.05. The number of hydrogen-bond acceptors (Lipinski definition) is 5. The monoisotopic (exact) mass is 400 g/mol. The van der Waals surface area contributed by atoms with Crippen LogP contribution in [0.1, 0.15) is 28.1 Å². The molecule has 0 unspecified atom stereocenters. The third-order valence-electron chi connectivity index (χ3n) is 5.00. The van der Waals surface area contributed by atoms with Crippen molar-refractivity contribution in [2.24, 2.45) is 10.9 Å². The minimum atomic E-state index is 0.535. The standard InChI is InChI=1S/C22H17ClN6/c1-13-14(2)29(18-5-3-4-17(23)10-18)22-19(13)21(26-12-27-22)20(28-25)16-8-6-15(11-24)7-9-16/h3-10,12H,25H2,1-2H3/b28-20+. The van der Waals surface area contributed by atoms with Gasteiger partial charge in [-0.3, -0.25) is 4.57 Å². The number of aryl methyl sites for hydroxylation is 1. The number of benzene rings is 2. The average Bonchev–Trinajstić information content (AvgIpc) is 3.00. The van der Waals surface area contributed by atoms with E-state index in [9.17, 15) is 0 Å². The second kappa shape index (κ2) is 7.38. The van der Waals surface area contributed by atoms with Crippen LogP contribution in [0.4, 0.5) is 0 Å². The molecule has 0 saturated heterocycles. The third kappa shape index (κ3) is 3.12. The lowest BCUT2D eigenvalue weighted by Crippen LogP contribution is -2.10. The molecule has 4 aromatic rings. The Morgan fingerprint density at radius 2 is 1.90 bits per heavy atom. The molecule has 0 aliphatic heterocycles. The van der Waals surface area contributed by atoms with E-state index < -0.39 is 0 Å². The molecule has 2 aromatic carbocycles. The molecule has 0 bridgehead atoms. The summed E-state index contributed by atoms with van der Waals surface area (Å²) in [7, 11) is 0. The van der Waals surface area contributed by atoms with Gasteiger partial charge in [-0.1, -0.05) is 29.8 Å². The van der Waals surface area contributed by atoms with Gasteiger partial charge in [0.1, 0.15) is 23.4 Å². The summed E-state index contributed by atoms with van der Waals surface area (Å²) in [5, 5.41) is 14.6. The third-order valence-corrected chi connectivity index (χ3v) is 5.23. The van der Waals surface area contributed by atoms with Gasteiger partial charge in [-0.2, -0.15) is 10.4 Å². The van der Waals surface area contributed by atoms with Crippen LogP contribution >= 0.6 is 11.6 Å². The fourth-order valence-corrected chi connectivity index (χ4v) is 3.67. The van der Waals surface area contributed by atoms with Gasteiger partial charge in [0.25, 0.3) is 0 Å². The van der Waals surface area contributed by atoms with Gasteiger partial charge in [0.05, 0.1) is 17.0 Å². The lowest BCUT2D eigenvalue weighted by Gasteiger charge is -2.09. The summed E-state index contributed by atoms with van der Waals surface area (Å²) in [5.74, 6) is 5.76. The number of fused-ring (bicyclic) bond motifs is 1. The van der Waals surface area contributed by atoms with Crippen LogP contribution in [-0.4, -0.2) is 20.2 Å². The number of nitrogens with zero attached hydrogens (tertiary/aromatic N) is 5. The molecule has 2 aromatic heterocycles. The Balaban J connectivity index is 1.97. The predicted octanol–water partition coefficient (Wildman–Crippen LogP) is 4.27. The van der Waals surface area contributed by atoms with E-state index in [1.54, 1.807) is 12.1 Å². The van der Waals surface area contributed by atoms with Gasteiger partial charge in [0, 0.05) is 22.0 Å². The first-order valence-corrected chi connectivity index (χ1v) is 9.30. The summed E-state index contributed by atoms with van der Waals surface area (Å²) >= 11 is 6.21. The number of nitrogens with two attached hydrogens (primary N) is 1. The van der Waals surface area contributed by atoms with Crippen LogP contribution in [0.25, 0.3) is 16.7 Å². The highest BCUT2D eigenvalue weighted by atomic mass is 35.5. The molecule has 7 heteroatoms. The van der Waals surface area contributed by atoms with E-state index in [2.05, 4.69) is 25.7 Å². The molecule has 29 heavy (non-hydrogen) atoms. The van der Waals surface area contributed by atoms with Gasteiger partial charge in [0.2, 0.25) is 0 Å². The van der Waals surface area contributed by atoms with Crippen LogP contribution in [0.15, 0.2) is 60.0 Å². The first kappa shape index (κ1) is 18.7. The van der Waals surface area contributed by atoms with E-state index in [1.165, 1.54) is 6.33 Å². The molecular weight excluding hydrogens is 384 g/mol. The maximum Gasteiger partial charge on any atom is 0.149 e. The molecule has 0 radical (unpaired) electrons. The van der Waals surface area contributed by atoms with E-state index in [-0.39, 0.29) is 0 Å². The topological polar surface area (TPSA) is 92.9 Å². The molecule has 0 atom stereocenters. The second-order valence-corrected chi connectivity index (χ2v) is 7.05. The number of hydrogen-bond donors (Lipinski definition) is 1. The lowest BCUT2D eigenvalue weighted by atomic mass is 10.0. The van der Waals surface area contributed by atoms with Gasteiger partial charge in [-0.15, -0.1) is 0 Å². The second-order valence-electron chi connectivity index (χ2n) is 6.61. The summed E-state index contributed by atoms with van der Waals surface area (Å²) in [4.78, 5) is 9.03. The molecule has 4 rings (SSSR count). The van der Waals surface area contributed by atoms with E-state index in [4.69, 9.17) is 22.7 Å². The van der Waals surface area contributed by atoms with Crippen molar-refractivity contribution in [2.75, 3.05) is 0 Å². The minimum Gasteiger partial charge on any atom is -0.323 e. The van der Waals surface area contributed by atoms with Crippen molar-refractivity contribution in [3.8, 4) is 11.8 Å². The fourth-order valence-electron chi connectivity index (χ4n) is 3.48. The molecule has 6 nitrogen and oxygen atoms in total. The highest BCUT2D eigenvalue weighted by Gasteiger charge is 2.21. The van der Waals surface area contributed by atoms with Crippen LogP contribution in [0, 0.1) is 25.2 Å². The van der Waals surface area contributed by atoms with Gasteiger partial charge >= 0.3 is 0 Å². The predicted molar refractivity (Wildman–Crippen MR) is 114 cm³/mol. The Kier molecular flexibility index (Phi) is 4.75. The number of rotatable bonds is 3. The molecule has 0 fully saturated rings. The molecular formula is C22H17ClN6. The van der Waals surface area contributed by atoms with Gasteiger partial charge in [-0.05, 0) is 49.7 Å². The largest absolute Gasteiger partial charge is 0.323 e. The normalized spacial score (nSPS) is 11.6. The molecule has 2 heterocycles. The lowest BCUT2D eigenvalue weighted by molar-refractivity contribution is 1.01. The zero-order valence-corrected chi connectivity index (χ0v) is 16.6. The number of hydrazone groups is 1. The number of nitriles is 1. The van der Waals surface area contributed by atoms with Gasteiger partial charge < -0.3 is 5.84 Å². The van der Waals surface area contributed by atoms with Gasteiger partial charge in [-0.25, -0.2) is 9.97 Å². The van der Waals surface area contributed by atoms with Crippen molar-refractivity contribution in [1.82, 2.24) is 14.5 Å². The maximum atomic E-state index is 9.04. The Labute approximate surface area is 172 Å². The van der Waals surface area contributed by atoms with Crippen molar-refractivity contribution in [3.63, 3.8) is 0 Å². The van der Waals surface area contributed by atoms with E-state index in [0.29, 0.717) is 22.0 Å². The molecule has 0 aliphatic carbocycles. The molecule has 0 aliphatic rings. The van der Waals surface area contributed by atoms with Crippen molar-refractivity contribution >= 4 is 28.3 Å². The number of aromatic nitrogens is 3. The molecule has 0 saturated carbocycles. The zero-order valence-electron chi connectivity index (χ0n) is 15.9. The van der Waals surface area contributed by atoms with Crippen LogP contribution in [0.5, 0.6) is 0 Å². The molecule has 0 amide bonds. The van der Waals surface area contributed by atoms with E-state index in [1.807, 2.05) is 50.2 Å².